The van der Waals surface area contributed by atoms with E-state index in [0.717, 1.165) is 31.6 Å². The Hall–Kier alpha value is 0.0300. The van der Waals surface area contributed by atoms with Crippen LogP contribution in [-0.4, -0.2) is 70.9 Å². The van der Waals surface area contributed by atoms with Crippen LogP contribution in [0.25, 0.3) is 0 Å². The van der Waals surface area contributed by atoms with Gasteiger partial charge in [-0.15, -0.1) is 11.8 Å². The molecule has 6 N–H and O–H groups in total. The lowest BCUT2D eigenvalue weighted by Gasteiger charge is -2.35. The Bertz CT molecular complexity index is 541. The molecule has 0 aromatic carbocycles. The minimum absolute atomic E-state index is 0.290. The van der Waals surface area contributed by atoms with E-state index >= 15 is 0 Å². The molecule has 4 heterocycles. The summed E-state index contributed by atoms with van der Waals surface area (Å²) in [6.07, 6.45) is 9.78. The van der Waals surface area contributed by atoms with Crippen LogP contribution in [0.1, 0.15) is 58.8 Å². The third-order valence-electron chi connectivity index (χ3n) is 7.73. The highest BCUT2D eigenvalue weighted by atomic mass is 32.2. The zero-order valence-electron chi connectivity index (χ0n) is 18.0. The minimum atomic E-state index is 0.290. The molecule has 5 aliphatic rings. The summed E-state index contributed by atoms with van der Waals surface area (Å²) in [5.41, 5.74) is 14.9. The number of hydrogen-bond donors (Lipinski definition) is 6. The number of thioether (sulfide) groups is 1. The number of piperazine rings is 1. The van der Waals surface area contributed by atoms with Crippen molar-refractivity contribution < 1.29 is 0 Å². The van der Waals surface area contributed by atoms with Gasteiger partial charge in [0, 0.05) is 37.8 Å². The monoisotopic (exact) mass is 424 g/mol. The first-order valence-corrected chi connectivity index (χ1v) is 12.8. The van der Waals surface area contributed by atoms with Gasteiger partial charge in [0.1, 0.15) is 11.7 Å². The summed E-state index contributed by atoms with van der Waals surface area (Å²) < 4.78 is 0. The molecule has 7 atom stereocenters. The van der Waals surface area contributed by atoms with Gasteiger partial charge in [-0.3, -0.25) is 5.43 Å². The van der Waals surface area contributed by atoms with E-state index in [4.69, 9.17) is 0 Å². The van der Waals surface area contributed by atoms with Gasteiger partial charge in [-0.05, 0) is 45.4 Å². The molecule has 0 amide bonds. The molecule has 4 saturated heterocycles. The second-order valence-corrected chi connectivity index (χ2v) is 10.9. The normalized spacial score (nSPS) is 45.1. The highest BCUT2D eigenvalue weighted by Gasteiger charge is 2.46. The number of nitrogens with one attached hydrogen (secondary N) is 6. The van der Waals surface area contributed by atoms with Crippen molar-refractivity contribution in [2.24, 2.45) is 5.92 Å². The first-order valence-electron chi connectivity index (χ1n) is 11.9. The number of fused-ring (bicyclic) bond motifs is 1. The van der Waals surface area contributed by atoms with Crippen LogP contribution >= 0.6 is 11.8 Å². The quantitative estimate of drug-likeness (QED) is 0.378. The number of nitrogens with zero attached hydrogens (tertiary/aromatic N) is 2. The maximum absolute atomic E-state index is 3.85. The Morgan fingerprint density at radius 2 is 1.79 bits per heavy atom. The molecule has 7 unspecified atom stereocenters. The average Bonchev–Trinajstić information content (AvgIpc) is 3.41. The van der Waals surface area contributed by atoms with Gasteiger partial charge in [0.25, 0.3) is 0 Å². The van der Waals surface area contributed by atoms with Crippen molar-refractivity contribution in [3.05, 3.63) is 0 Å². The molecule has 0 aromatic heterocycles. The summed E-state index contributed by atoms with van der Waals surface area (Å²) in [4.78, 5) is 0. The second-order valence-electron chi connectivity index (χ2n) is 9.61. The molecular weight excluding hydrogens is 384 g/mol. The molecular formula is C20H40N8S. The van der Waals surface area contributed by atoms with Crippen molar-refractivity contribution >= 4 is 11.8 Å². The lowest BCUT2D eigenvalue weighted by Crippen LogP contribution is -2.62. The van der Waals surface area contributed by atoms with Crippen molar-refractivity contribution in [2.75, 3.05) is 19.6 Å². The highest BCUT2D eigenvalue weighted by molar-refractivity contribution is 8.00. The molecule has 0 spiro atoms. The fourth-order valence-electron chi connectivity index (χ4n) is 6.07. The maximum Gasteiger partial charge on any atom is 0.136 e. The van der Waals surface area contributed by atoms with E-state index in [0.29, 0.717) is 29.0 Å². The van der Waals surface area contributed by atoms with Crippen molar-refractivity contribution in [1.82, 2.24) is 42.4 Å². The van der Waals surface area contributed by atoms with Crippen LogP contribution in [-0.2, 0) is 0 Å². The Morgan fingerprint density at radius 1 is 0.931 bits per heavy atom. The smallest absolute Gasteiger partial charge is 0.136 e. The first kappa shape index (κ1) is 20.9. The lowest BCUT2D eigenvalue weighted by molar-refractivity contribution is 0.0870. The lowest BCUT2D eigenvalue weighted by atomic mass is 9.89. The predicted octanol–water partition coefficient (Wildman–Crippen LogP) is 0.471. The summed E-state index contributed by atoms with van der Waals surface area (Å²) in [6, 6.07) is 2.41. The van der Waals surface area contributed by atoms with E-state index in [1.54, 1.807) is 0 Å². The second kappa shape index (κ2) is 9.26. The van der Waals surface area contributed by atoms with Crippen LogP contribution in [0.3, 0.4) is 0 Å². The van der Waals surface area contributed by atoms with Gasteiger partial charge in [0.2, 0.25) is 0 Å². The predicted molar refractivity (Wildman–Crippen MR) is 118 cm³/mol. The fourth-order valence-corrected chi connectivity index (χ4v) is 7.30. The number of hydrazine groups is 3. The zero-order chi connectivity index (χ0) is 19.8. The van der Waals surface area contributed by atoms with Crippen LogP contribution < -0.4 is 32.3 Å². The first-order chi connectivity index (χ1) is 14.2. The van der Waals surface area contributed by atoms with Gasteiger partial charge in [-0.25, -0.2) is 21.3 Å². The molecule has 0 radical (unpaired) electrons. The molecule has 5 fully saturated rings. The Balaban J connectivity index is 1.12. The van der Waals surface area contributed by atoms with Crippen LogP contribution in [0, 0.1) is 5.92 Å². The van der Waals surface area contributed by atoms with Crippen LogP contribution in [0.15, 0.2) is 0 Å². The fraction of sp³-hybridized carbons (Fsp3) is 1.00. The van der Waals surface area contributed by atoms with Gasteiger partial charge in [0.05, 0.1) is 11.4 Å². The molecule has 0 aromatic rings. The van der Waals surface area contributed by atoms with E-state index in [9.17, 15) is 0 Å². The van der Waals surface area contributed by atoms with Crippen molar-refractivity contribution in [3.8, 4) is 0 Å². The Labute approximate surface area is 179 Å². The third-order valence-corrected chi connectivity index (χ3v) is 9.00. The molecule has 0 bridgehead atoms. The van der Waals surface area contributed by atoms with E-state index < -0.39 is 0 Å². The van der Waals surface area contributed by atoms with Crippen LogP contribution in [0.4, 0.5) is 0 Å². The van der Waals surface area contributed by atoms with Gasteiger partial charge < -0.3 is 10.6 Å². The van der Waals surface area contributed by atoms with Gasteiger partial charge >= 0.3 is 0 Å². The largest absolute Gasteiger partial charge is 0.314 e. The minimum Gasteiger partial charge on any atom is -0.314 e. The van der Waals surface area contributed by atoms with E-state index in [1.165, 1.54) is 44.9 Å². The Kier molecular flexibility index (Phi) is 6.67. The van der Waals surface area contributed by atoms with Crippen LogP contribution in [0.2, 0.25) is 0 Å². The molecule has 9 heteroatoms. The topological polar surface area (TPSA) is 78.7 Å². The molecule has 1 saturated carbocycles. The summed E-state index contributed by atoms with van der Waals surface area (Å²) in [6.45, 7) is 7.96. The van der Waals surface area contributed by atoms with Gasteiger partial charge in [-0.2, -0.15) is 5.01 Å². The van der Waals surface area contributed by atoms with E-state index in [-0.39, 0.29) is 6.17 Å². The SMILES string of the molecule is CC1NN(C2CCCCC2)C(C)C1CCC1NN2C(NNC2C2CNCCN2)S1. The van der Waals surface area contributed by atoms with Crippen molar-refractivity contribution in [3.63, 3.8) is 0 Å². The molecule has 8 nitrogen and oxygen atoms in total. The van der Waals surface area contributed by atoms with Crippen LogP contribution in [0.5, 0.6) is 0 Å². The zero-order valence-corrected chi connectivity index (χ0v) is 18.8. The standard InChI is InChI=1S/C20H40N8S/c1-13-16(14(2)27(25-13)15-6-4-3-5-7-15)8-9-18-26-28-19(23-24-20(28)29-18)17-12-21-10-11-22-17/h13-26H,3-12H2,1-2H3. The van der Waals surface area contributed by atoms with Gasteiger partial charge in [-0.1, -0.05) is 19.3 Å². The molecule has 29 heavy (non-hydrogen) atoms. The number of hydrogen-bond acceptors (Lipinski definition) is 9. The molecule has 166 valence electrons. The summed E-state index contributed by atoms with van der Waals surface area (Å²) in [7, 11) is 0. The number of rotatable bonds is 5. The average molecular weight is 425 g/mol. The molecule has 5 rings (SSSR count). The molecule has 1 aliphatic carbocycles. The molecule has 4 aliphatic heterocycles. The van der Waals surface area contributed by atoms with E-state index in [1.807, 2.05) is 11.8 Å². The highest BCUT2D eigenvalue weighted by Crippen LogP contribution is 2.36. The Morgan fingerprint density at radius 3 is 2.59 bits per heavy atom. The summed E-state index contributed by atoms with van der Waals surface area (Å²) in [5.74, 6) is 0.737. The third kappa shape index (κ3) is 4.36. The summed E-state index contributed by atoms with van der Waals surface area (Å²) >= 11 is 2.02. The maximum atomic E-state index is 3.85. The van der Waals surface area contributed by atoms with Crippen molar-refractivity contribution in [2.45, 2.75) is 100.0 Å². The van der Waals surface area contributed by atoms with E-state index in [2.05, 4.69) is 56.2 Å². The van der Waals surface area contributed by atoms with Gasteiger partial charge in [0.15, 0.2) is 0 Å². The van der Waals surface area contributed by atoms with Crippen molar-refractivity contribution in [1.29, 1.82) is 0 Å². The summed E-state index contributed by atoms with van der Waals surface area (Å²) in [5, 5.41) is 12.7.